The Morgan fingerprint density at radius 2 is 2.29 bits per heavy atom. The Bertz CT molecular complexity index is 398. The van der Waals surface area contributed by atoms with Gasteiger partial charge in [0, 0.05) is 13.1 Å². The number of nitrogens with zero attached hydrogens (tertiary/aromatic N) is 2. The highest BCUT2D eigenvalue weighted by atomic mass is 16.3. The van der Waals surface area contributed by atoms with Crippen LogP contribution < -0.4 is 11.1 Å². The molecule has 0 aromatic carbocycles. The molecule has 0 aliphatic carbocycles. The Labute approximate surface area is 101 Å². The molecule has 0 fully saturated rings. The molecule has 1 rings (SSSR count). The smallest absolute Gasteiger partial charge is 0.271 e. The van der Waals surface area contributed by atoms with E-state index in [0.29, 0.717) is 24.3 Å². The second-order valence-electron chi connectivity index (χ2n) is 4.30. The highest BCUT2D eigenvalue weighted by Crippen LogP contribution is 2.11. The van der Waals surface area contributed by atoms with Crippen molar-refractivity contribution in [3.8, 4) is 0 Å². The fraction of sp³-hybridized carbons (Fsp3) is 0.636. The van der Waals surface area contributed by atoms with E-state index in [9.17, 15) is 9.90 Å². The zero-order valence-corrected chi connectivity index (χ0v) is 10.5. The van der Waals surface area contributed by atoms with E-state index in [0.717, 1.165) is 0 Å². The molecule has 6 nitrogen and oxygen atoms in total. The Hall–Kier alpha value is -1.56. The number of carbonyl (C=O) groups excluding carboxylic acids is 1. The van der Waals surface area contributed by atoms with Gasteiger partial charge < -0.3 is 16.2 Å². The van der Waals surface area contributed by atoms with Crippen LogP contribution in [0.3, 0.4) is 0 Å². The fourth-order valence-electron chi connectivity index (χ4n) is 1.37. The third kappa shape index (κ3) is 3.20. The zero-order valence-electron chi connectivity index (χ0n) is 10.5. The summed E-state index contributed by atoms with van der Waals surface area (Å²) in [6.07, 6.45) is 2.02. The molecule has 1 heterocycles. The maximum Gasteiger partial charge on any atom is 0.271 e. The molecule has 6 heteroatoms. The second kappa shape index (κ2) is 5.18. The van der Waals surface area contributed by atoms with Crippen LogP contribution in [-0.2, 0) is 6.54 Å². The predicted octanol–water partition coefficient (Wildman–Crippen LogP) is 0.376. The molecular formula is C11H20N4O2. The van der Waals surface area contributed by atoms with Crippen molar-refractivity contribution in [1.82, 2.24) is 15.1 Å². The third-order valence-electron chi connectivity index (χ3n) is 2.77. The van der Waals surface area contributed by atoms with E-state index in [2.05, 4.69) is 10.4 Å². The number of aliphatic hydroxyl groups is 1. The molecule has 0 saturated carbocycles. The SMILES string of the molecule is CCn1ncc(N)c1C(=O)NCC(C)(O)CC. The van der Waals surface area contributed by atoms with Gasteiger partial charge in [-0.1, -0.05) is 6.92 Å². The summed E-state index contributed by atoms with van der Waals surface area (Å²) in [6.45, 7) is 6.18. The lowest BCUT2D eigenvalue weighted by molar-refractivity contribution is 0.0515. The molecule has 0 aliphatic rings. The first-order valence-electron chi connectivity index (χ1n) is 5.73. The number of nitrogen functional groups attached to an aromatic ring is 1. The molecule has 1 aromatic heterocycles. The monoisotopic (exact) mass is 240 g/mol. The van der Waals surface area contributed by atoms with E-state index < -0.39 is 5.60 Å². The molecule has 0 radical (unpaired) electrons. The van der Waals surface area contributed by atoms with Crippen molar-refractivity contribution in [2.24, 2.45) is 0 Å². The Kier molecular flexibility index (Phi) is 4.11. The average molecular weight is 240 g/mol. The highest BCUT2D eigenvalue weighted by Gasteiger charge is 2.21. The number of carbonyl (C=O) groups is 1. The minimum Gasteiger partial charge on any atom is -0.396 e. The minimum atomic E-state index is -0.901. The third-order valence-corrected chi connectivity index (χ3v) is 2.77. The van der Waals surface area contributed by atoms with Gasteiger partial charge in [0.1, 0.15) is 5.69 Å². The number of aryl methyl sites for hydroxylation is 1. The first-order chi connectivity index (χ1) is 7.91. The summed E-state index contributed by atoms with van der Waals surface area (Å²) in [5.41, 5.74) is 5.48. The summed E-state index contributed by atoms with van der Waals surface area (Å²) < 4.78 is 1.53. The summed E-state index contributed by atoms with van der Waals surface area (Å²) >= 11 is 0. The van der Waals surface area contributed by atoms with Gasteiger partial charge in [0.25, 0.3) is 5.91 Å². The van der Waals surface area contributed by atoms with Crippen LogP contribution >= 0.6 is 0 Å². The van der Waals surface area contributed by atoms with Crippen molar-refractivity contribution in [3.63, 3.8) is 0 Å². The number of hydrogen-bond acceptors (Lipinski definition) is 4. The largest absolute Gasteiger partial charge is 0.396 e. The molecule has 0 saturated heterocycles. The van der Waals surface area contributed by atoms with Crippen LogP contribution in [0, 0.1) is 0 Å². The average Bonchev–Trinajstić information content (AvgIpc) is 2.67. The van der Waals surface area contributed by atoms with Gasteiger partial charge >= 0.3 is 0 Å². The van der Waals surface area contributed by atoms with Crippen molar-refractivity contribution >= 4 is 11.6 Å². The molecule has 1 aromatic rings. The van der Waals surface area contributed by atoms with Gasteiger partial charge in [0.15, 0.2) is 0 Å². The number of anilines is 1. The first-order valence-corrected chi connectivity index (χ1v) is 5.73. The van der Waals surface area contributed by atoms with E-state index >= 15 is 0 Å². The van der Waals surface area contributed by atoms with E-state index in [1.54, 1.807) is 6.92 Å². The molecular weight excluding hydrogens is 220 g/mol. The number of nitrogens with two attached hydrogens (primary N) is 1. The molecule has 1 amide bonds. The zero-order chi connectivity index (χ0) is 13.1. The van der Waals surface area contributed by atoms with Crippen molar-refractivity contribution in [3.05, 3.63) is 11.9 Å². The summed E-state index contributed by atoms with van der Waals surface area (Å²) in [6, 6.07) is 0. The van der Waals surface area contributed by atoms with E-state index in [1.165, 1.54) is 10.9 Å². The molecule has 0 spiro atoms. The summed E-state index contributed by atoms with van der Waals surface area (Å²) in [5.74, 6) is -0.310. The molecule has 0 bridgehead atoms. The number of aromatic nitrogens is 2. The Morgan fingerprint density at radius 3 is 2.82 bits per heavy atom. The number of nitrogens with one attached hydrogen (secondary N) is 1. The lowest BCUT2D eigenvalue weighted by Crippen LogP contribution is -2.40. The highest BCUT2D eigenvalue weighted by molar-refractivity contribution is 5.97. The lowest BCUT2D eigenvalue weighted by atomic mass is 10.0. The topological polar surface area (TPSA) is 93.2 Å². The Morgan fingerprint density at radius 1 is 1.65 bits per heavy atom. The van der Waals surface area contributed by atoms with Gasteiger partial charge in [-0.3, -0.25) is 9.48 Å². The molecule has 4 N–H and O–H groups in total. The maximum atomic E-state index is 11.9. The first kappa shape index (κ1) is 13.5. The fourth-order valence-corrected chi connectivity index (χ4v) is 1.37. The molecule has 1 atom stereocenters. The molecule has 1 unspecified atom stereocenters. The van der Waals surface area contributed by atoms with Crippen LogP contribution in [0.25, 0.3) is 0 Å². The van der Waals surface area contributed by atoms with Crippen molar-refractivity contribution in [1.29, 1.82) is 0 Å². The van der Waals surface area contributed by atoms with Crippen LogP contribution in [0.1, 0.15) is 37.7 Å². The quantitative estimate of drug-likeness (QED) is 0.693. The number of amides is 1. The van der Waals surface area contributed by atoms with Crippen LogP contribution in [0.15, 0.2) is 6.20 Å². The van der Waals surface area contributed by atoms with Gasteiger partial charge in [-0.2, -0.15) is 5.10 Å². The van der Waals surface area contributed by atoms with Crippen molar-refractivity contribution in [2.75, 3.05) is 12.3 Å². The van der Waals surface area contributed by atoms with Crippen LogP contribution in [0.5, 0.6) is 0 Å². The molecule has 96 valence electrons. The van der Waals surface area contributed by atoms with Gasteiger partial charge in [-0.05, 0) is 20.3 Å². The maximum absolute atomic E-state index is 11.9. The lowest BCUT2D eigenvalue weighted by Gasteiger charge is -2.21. The molecule has 0 aliphatic heterocycles. The summed E-state index contributed by atoms with van der Waals surface area (Å²) in [4.78, 5) is 11.9. The predicted molar refractivity (Wildman–Crippen MR) is 65.6 cm³/mol. The van der Waals surface area contributed by atoms with E-state index in [-0.39, 0.29) is 12.5 Å². The van der Waals surface area contributed by atoms with Gasteiger partial charge in [-0.15, -0.1) is 0 Å². The van der Waals surface area contributed by atoms with Crippen LogP contribution in [0.2, 0.25) is 0 Å². The van der Waals surface area contributed by atoms with Crippen molar-refractivity contribution < 1.29 is 9.90 Å². The summed E-state index contributed by atoms with van der Waals surface area (Å²) in [5, 5.41) is 16.4. The number of rotatable bonds is 5. The van der Waals surface area contributed by atoms with Gasteiger partial charge in [0.2, 0.25) is 0 Å². The van der Waals surface area contributed by atoms with Crippen molar-refractivity contribution in [2.45, 2.75) is 39.3 Å². The number of hydrogen-bond donors (Lipinski definition) is 3. The standard InChI is InChI=1S/C11H20N4O2/c1-4-11(3,17)7-13-10(16)9-8(12)6-14-15(9)5-2/h6,17H,4-5,7,12H2,1-3H3,(H,13,16). The van der Waals surface area contributed by atoms with Crippen LogP contribution in [-0.4, -0.2) is 32.9 Å². The van der Waals surface area contributed by atoms with E-state index in [1.807, 2.05) is 13.8 Å². The van der Waals surface area contributed by atoms with Crippen LogP contribution in [0.4, 0.5) is 5.69 Å². The van der Waals surface area contributed by atoms with E-state index in [4.69, 9.17) is 5.73 Å². The minimum absolute atomic E-state index is 0.191. The molecule has 17 heavy (non-hydrogen) atoms. The Balaban J connectivity index is 2.73. The summed E-state index contributed by atoms with van der Waals surface area (Å²) in [7, 11) is 0. The normalized spacial score (nSPS) is 14.4. The second-order valence-corrected chi connectivity index (χ2v) is 4.30. The van der Waals surface area contributed by atoms with Gasteiger partial charge in [-0.25, -0.2) is 0 Å². The van der Waals surface area contributed by atoms with Gasteiger partial charge in [0.05, 0.1) is 17.5 Å².